The summed E-state index contributed by atoms with van der Waals surface area (Å²) in [6.45, 7) is 4.95. The summed E-state index contributed by atoms with van der Waals surface area (Å²) in [5, 5.41) is 15.7. The third kappa shape index (κ3) is 3.76. The molecule has 3 nitrogen and oxygen atoms in total. The number of nitrogens with zero attached hydrogens (tertiary/aromatic N) is 2. The molecule has 1 unspecified atom stereocenters. The summed E-state index contributed by atoms with van der Waals surface area (Å²) < 4.78 is 1.95. The second-order valence-corrected chi connectivity index (χ2v) is 6.35. The van der Waals surface area contributed by atoms with Crippen LogP contribution < -0.4 is 0 Å². The molecule has 4 heteroatoms. The van der Waals surface area contributed by atoms with Crippen molar-refractivity contribution in [2.75, 3.05) is 0 Å². The Hall–Kier alpha value is -0.540. The highest BCUT2D eigenvalue weighted by Gasteiger charge is 2.21. The van der Waals surface area contributed by atoms with E-state index in [0.717, 1.165) is 35.8 Å². The van der Waals surface area contributed by atoms with Gasteiger partial charge in [0.2, 0.25) is 0 Å². The molecule has 1 aromatic heterocycles. The largest absolute Gasteiger partial charge is 0.393 e. The Kier molecular flexibility index (Phi) is 5.91. The van der Waals surface area contributed by atoms with E-state index < -0.39 is 0 Å². The quantitative estimate of drug-likeness (QED) is 0.862. The first-order valence-corrected chi connectivity index (χ1v) is 8.45. The van der Waals surface area contributed by atoms with Gasteiger partial charge in [-0.05, 0) is 25.7 Å². The monoisotopic (exact) mass is 298 g/mol. The number of aryl methyl sites for hydroxylation is 2. The third-order valence-corrected chi connectivity index (χ3v) is 4.89. The first-order valence-electron chi connectivity index (χ1n) is 8.07. The summed E-state index contributed by atoms with van der Waals surface area (Å²) in [4.78, 5) is 0. The first-order chi connectivity index (χ1) is 9.65. The van der Waals surface area contributed by atoms with Crippen LogP contribution in [0.1, 0.15) is 63.8 Å². The van der Waals surface area contributed by atoms with Crippen LogP contribution >= 0.6 is 11.6 Å². The fourth-order valence-electron chi connectivity index (χ4n) is 3.33. The number of hydrogen-bond acceptors (Lipinski definition) is 2. The number of hydrogen-bond donors (Lipinski definition) is 1. The topological polar surface area (TPSA) is 38.0 Å². The minimum absolute atomic E-state index is 0.290. The van der Waals surface area contributed by atoms with Gasteiger partial charge in [0, 0.05) is 13.0 Å². The van der Waals surface area contributed by atoms with Crippen molar-refractivity contribution >= 4 is 11.6 Å². The fourth-order valence-corrected chi connectivity index (χ4v) is 3.67. The zero-order valence-corrected chi connectivity index (χ0v) is 13.5. The molecule has 1 aliphatic carbocycles. The van der Waals surface area contributed by atoms with Crippen LogP contribution in [0.15, 0.2) is 0 Å². The molecular formula is C16H27ClN2O. The van der Waals surface area contributed by atoms with E-state index in [4.69, 9.17) is 11.6 Å². The van der Waals surface area contributed by atoms with Crippen LogP contribution in [0.25, 0.3) is 0 Å². The van der Waals surface area contributed by atoms with Crippen molar-refractivity contribution in [1.82, 2.24) is 9.78 Å². The Morgan fingerprint density at radius 1 is 1.30 bits per heavy atom. The molecule has 1 aliphatic rings. The van der Waals surface area contributed by atoms with Gasteiger partial charge in [0.1, 0.15) is 0 Å². The maximum absolute atomic E-state index is 10.4. The second kappa shape index (κ2) is 7.46. The molecule has 0 saturated heterocycles. The summed E-state index contributed by atoms with van der Waals surface area (Å²) in [5.41, 5.74) is 1.96. The molecule has 1 N–H and O–H groups in total. The molecule has 0 bridgehead atoms. The molecule has 1 saturated carbocycles. The summed E-state index contributed by atoms with van der Waals surface area (Å²) >= 11 is 6.40. The Morgan fingerprint density at radius 3 is 2.60 bits per heavy atom. The molecule has 0 amide bonds. The highest BCUT2D eigenvalue weighted by atomic mass is 35.5. The summed E-state index contributed by atoms with van der Waals surface area (Å²) in [6.07, 6.45) is 8.66. The smallest absolute Gasteiger partial charge is 0.0850 e. The lowest BCUT2D eigenvalue weighted by molar-refractivity contribution is 0.128. The zero-order valence-electron chi connectivity index (χ0n) is 12.7. The predicted octanol–water partition coefficient (Wildman–Crippen LogP) is 3.99. The first kappa shape index (κ1) is 15.8. The lowest BCUT2D eigenvalue weighted by Crippen LogP contribution is -2.20. The molecule has 20 heavy (non-hydrogen) atoms. The van der Waals surface area contributed by atoms with Gasteiger partial charge in [-0.15, -0.1) is 0 Å². The van der Waals surface area contributed by atoms with Gasteiger partial charge in [0.25, 0.3) is 0 Å². The molecule has 114 valence electrons. The molecule has 0 aliphatic heterocycles. The Labute approximate surface area is 127 Å². The normalized spacial score (nSPS) is 18.4. The van der Waals surface area contributed by atoms with E-state index in [1.807, 2.05) is 4.68 Å². The van der Waals surface area contributed by atoms with E-state index in [1.165, 1.54) is 32.1 Å². The Morgan fingerprint density at radius 2 is 2.00 bits per heavy atom. The van der Waals surface area contributed by atoms with Crippen LogP contribution in [-0.4, -0.2) is 21.0 Å². The molecule has 1 heterocycles. The number of aliphatic hydroxyl groups is 1. The van der Waals surface area contributed by atoms with E-state index in [-0.39, 0.29) is 6.10 Å². The zero-order chi connectivity index (χ0) is 14.5. The summed E-state index contributed by atoms with van der Waals surface area (Å²) in [7, 11) is 0. The third-order valence-electron chi connectivity index (χ3n) is 4.45. The molecule has 1 aromatic rings. The molecule has 1 fully saturated rings. The van der Waals surface area contributed by atoms with Crippen LogP contribution in [-0.2, 0) is 19.4 Å². The second-order valence-electron chi connectivity index (χ2n) is 5.97. The van der Waals surface area contributed by atoms with Gasteiger partial charge < -0.3 is 5.11 Å². The number of rotatable bonds is 6. The summed E-state index contributed by atoms with van der Waals surface area (Å²) in [6, 6.07) is 0. The molecule has 2 rings (SSSR count). The van der Waals surface area contributed by atoms with Crippen molar-refractivity contribution in [3.05, 3.63) is 16.4 Å². The highest BCUT2D eigenvalue weighted by Crippen LogP contribution is 2.29. The van der Waals surface area contributed by atoms with Crippen molar-refractivity contribution in [2.24, 2.45) is 5.92 Å². The van der Waals surface area contributed by atoms with E-state index in [0.29, 0.717) is 12.3 Å². The van der Waals surface area contributed by atoms with Gasteiger partial charge in [-0.25, -0.2) is 0 Å². The van der Waals surface area contributed by atoms with E-state index >= 15 is 0 Å². The molecule has 1 atom stereocenters. The maximum atomic E-state index is 10.4. The number of aliphatic hydroxyl groups excluding tert-OH is 1. The molecule has 0 radical (unpaired) electrons. The Balaban J connectivity index is 1.99. The number of halogens is 1. The highest BCUT2D eigenvalue weighted by molar-refractivity contribution is 6.31. The van der Waals surface area contributed by atoms with Crippen molar-refractivity contribution in [3.63, 3.8) is 0 Å². The van der Waals surface area contributed by atoms with Crippen LogP contribution in [0.2, 0.25) is 5.02 Å². The van der Waals surface area contributed by atoms with Crippen molar-refractivity contribution in [2.45, 2.75) is 77.9 Å². The van der Waals surface area contributed by atoms with Gasteiger partial charge in [-0.3, -0.25) is 4.68 Å². The van der Waals surface area contributed by atoms with Crippen LogP contribution in [0, 0.1) is 5.92 Å². The maximum Gasteiger partial charge on any atom is 0.0850 e. The van der Waals surface area contributed by atoms with Crippen molar-refractivity contribution in [3.8, 4) is 0 Å². The van der Waals surface area contributed by atoms with Gasteiger partial charge >= 0.3 is 0 Å². The lowest BCUT2D eigenvalue weighted by atomic mass is 9.85. The van der Waals surface area contributed by atoms with Crippen LogP contribution in [0.4, 0.5) is 0 Å². The predicted molar refractivity (Wildman–Crippen MR) is 83.2 cm³/mol. The molecular weight excluding hydrogens is 272 g/mol. The van der Waals surface area contributed by atoms with E-state index in [1.54, 1.807) is 0 Å². The van der Waals surface area contributed by atoms with Crippen LogP contribution in [0.5, 0.6) is 0 Å². The molecule has 0 aromatic carbocycles. The fraction of sp³-hybridized carbons (Fsp3) is 0.812. The molecule has 0 spiro atoms. The van der Waals surface area contributed by atoms with E-state index in [9.17, 15) is 5.11 Å². The summed E-state index contributed by atoms with van der Waals surface area (Å²) in [5.74, 6) is 0.696. The average molecular weight is 299 g/mol. The SMILES string of the molecule is CCc1nn(CC)c(CC(O)CC2CCCCC2)c1Cl. The van der Waals surface area contributed by atoms with E-state index in [2.05, 4.69) is 18.9 Å². The lowest BCUT2D eigenvalue weighted by Gasteiger charge is -2.24. The van der Waals surface area contributed by atoms with Gasteiger partial charge in [-0.2, -0.15) is 5.10 Å². The van der Waals surface area contributed by atoms with Gasteiger partial charge in [0.15, 0.2) is 0 Å². The van der Waals surface area contributed by atoms with Crippen molar-refractivity contribution < 1.29 is 5.11 Å². The van der Waals surface area contributed by atoms with Gasteiger partial charge in [-0.1, -0.05) is 50.6 Å². The van der Waals surface area contributed by atoms with Gasteiger partial charge in [0.05, 0.1) is 22.5 Å². The average Bonchev–Trinajstić information content (AvgIpc) is 2.76. The standard InChI is InChI=1S/C16H27ClN2O/c1-3-14-16(17)15(19(4-2)18-14)11-13(20)10-12-8-6-5-7-9-12/h12-13,20H,3-11H2,1-2H3. The minimum atomic E-state index is -0.290. The minimum Gasteiger partial charge on any atom is -0.393 e. The van der Waals surface area contributed by atoms with Crippen molar-refractivity contribution in [1.29, 1.82) is 0 Å². The van der Waals surface area contributed by atoms with Crippen LogP contribution in [0.3, 0.4) is 0 Å². The number of aromatic nitrogens is 2. The Bertz CT molecular complexity index is 424.